The third-order valence-corrected chi connectivity index (χ3v) is 2.48. The molecule has 0 aliphatic carbocycles. The molecule has 0 radical (unpaired) electrons. The van der Waals surface area contributed by atoms with E-state index in [0.717, 1.165) is 5.69 Å². The predicted octanol–water partition coefficient (Wildman–Crippen LogP) is 1.86. The Morgan fingerprint density at radius 2 is 2.11 bits per heavy atom. The first-order chi connectivity index (χ1) is 9.16. The van der Waals surface area contributed by atoms with Gasteiger partial charge in [0.2, 0.25) is 0 Å². The summed E-state index contributed by atoms with van der Waals surface area (Å²) in [4.78, 5) is 15.7. The lowest BCUT2D eigenvalue weighted by molar-refractivity contribution is 0.0954. The van der Waals surface area contributed by atoms with Crippen molar-refractivity contribution in [3.8, 4) is 5.75 Å². The first-order valence-electron chi connectivity index (χ1n) is 5.71. The minimum atomic E-state index is -0.348. The fraction of sp³-hybridized carbons (Fsp3) is 0.0714. The van der Waals surface area contributed by atoms with Crippen molar-refractivity contribution in [1.29, 1.82) is 0 Å². The third kappa shape index (κ3) is 3.38. The summed E-state index contributed by atoms with van der Waals surface area (Å²) in [5.74, 6) is -0.239. The molecule has 2 rings (SSSR count). The van der Waals surface area contributed by atoms with Gasteiger partial charge in [-0.3, -0.25) is 9.78 Å². The number of hydrogen-bond acceptors (Lipinski definition) is 4. The molecule has 19 heavy (non-hydrogen) atoms. The minimum absolute atomic E-state index is 0.109. The van der Waals surface area contributed by atoms with E-state index in [9.17, 15) is 9.90 Å². The van der Waals surface area contributed by atoms with Gasteiger partial charge in [-0.1, -0.05) is 12.1 Å². The van der Waals surface area contributed by atoms with Crippen molar-refractivity contribution < 1.29 is 9.90 Å². The van der Waals surface area contributed by atoms with Crippen LogP contribution in [0.2, 0.25) is 0 Å². The number of para-hydroxylation sites is 1. The molecule has 0 fully saturated rings. The highest BCUT2D eigenvalue weighted by Crippen LogP contribution is 2.12. The average molecular weight is 255 g/mol. The predicted molar refractivity (Wildman–Crippen MR) is 72.1 cm³/mol. The van der Waals surface area contributed by atoms with Crippen molar-refractivity contribution in [3.63, 3.8) is 0 Å². The summed E-state index contributed by atoms with van der Waals surface area (Å²) in [6.07, 6.45) is 2.87. The number of pyridine rings is 1. The van der Waals surface area contributed by atoms with Crippen LogP contribution in [-0.4, -0.2) is 22.2 Å². The van der Waals surface area contributed by atoms with Gasteiger partial charge in [-0.15, -0.1) is 0 Å². The summed E-state index contributed by atoms with van der Waals surface area (Å²) in [6.45, 7) is 1.85. The van der Waals surface area contributed by atoms with Crippen LogP contribution < -0.4 is 5.43 Å². The number of aryl methyl sites for hydroxylation is 1. The number of nitrogens with one attached hydrogen (secondary N) is 1. The lowest BCUT2D eigenvalue weighted by Crippen LogP contribution is -2.17. The van der Waals surface area contributed by atoms with Crippen molar-refractivity contribution in [3.05, 3.63) is 59.4 Å². The van der Waals surface area contributed by atoms with E-state index in [1.165, 1.54) is 12.4 Å². The van der Waals surface area contributed by atoms with Gasteiger partial charge in [0.25, 0.3) is 5.91 Å². The molecule has 1 aromatic heterocycles. The Morgan fingerprint density at radius 3 is 2.79 bits per heavy atom. The van der Waals surface area contributed by atoms with Gasteiger partial charge in [-0.05, 0) is 31.2 Å². The summed E-state index contributed by atoms with van der Waals surface area (Å²) in [6, 6.07) is 10.1. The molecule has 0 aliphatic heterocycles. The molecule has 0 saturated heterocycles. The molecule has 2 N–H and O–H groups in total. The van der Waals surface area contributed by atoms with E-state index in [0.29, 0.717) is 11.1 Å². The maximum Gasteiger partial charge on any atom is 0.272 e. The number of benzene rings is 1. The van der Waals surface area contributed by atoms with E-state index < -0.39 is 0 Å². The molecule has 1 amide bonds. The number of aromatic hydroxyl groups is 1. The maximum absolute atomic E-state index is 11.7. The van der Waals surface area contributed by atoms with Crippen molar-refractivity contribution in [2.24, 2.45) is 5.10 Å². The topological polar surface area (TPSA) is 74.6 Å². The van der Waals surface area contributed by atoms with E-state index in [2.05, 4.69) is 15.5 Å². The smallest absolute Gasteiger partial charge is 0.272 e. The molecule has 0 bridgehead atoms. The Labute approximate surface area is 110 Å². The summed E-state index contributed by atoms with van der Waals surface area (Å²) in [7, 11) is 0. The minimum Gasteiger partial charge on any atom is -0.507 e. The van der Waals surface area contributed by atoms with Crippen LogP contribution in [0.3, 0.4) is 0 Å². The molecule has 96 valence electrons. The molecular formula is C14H13N3O2. The highest BCUT2D eigenvalue weighted by atomic mass is 16.3. The van der Waals surface area contributed by atoms with Crippen LogP contribution in [0, 0.1) is 6.92 Å². The molecule has 0 unspecified atom stereocenters. The lowest BCUT2D eigenvalue weighted by atomic mass is 10.2. The SMILES string of the molecule is Cc1ccc(C(=O)NN=Cc2ccccc2O)cn1. The Balaban J connectivity index is 2.01. The zero-order valence-corrected chi connectivity index (χ0v) is 10.4. The Morgan fingerprint density at radius 1 is 1.32 bits per heavy atom. The van der Waals surface area contributed by atoms with E-state index in [1.54, 1.807) is 36.4 Å². The number of hydrogen-bond donors (Lipinski definition) is 2. The van der Waals surface area contributed by atoms with E-state index in [4.69, 9.17) is 0 Å². The van der Waals surface area contributed by atoms with E-state index >= 15 is 0 Å². The molecule has 0 saturated carbocycles. The van der Waals surface area contributed by atoms with Gasteiger partial charge in [-0.2, -0.15) is 5.10 Å². The Kier molecular flexibility index (Phi) is 3.87. The molecule has 0 aliphatic rings. The van der Waals surface area contributed by atoms with Crippen LogP contribution >= 0.6 is 0 Å². The molecule has 2 aromatic rings. The van der Waals surface area contributed by atoms with Crippen LogP contribution in [0.15, 0.2) is 47.7 Å². The van der Waals surface area contributed by atoms with Gasteiger partial charge >= 0.3 is 0 Å². The molecule has 1 aromatic carbocycles. The number of phenolic OH excluding ortho intramolecular Hbond substituents is 1. The van der Waals surface area contributed by atoms with Gasteiger partial charge in [0.05, 0.1) is 11.8 Å². The van der Waals surface area contributed by atoms with E-state index in [1.807, 2.05) is 6.92 Å². The van der Waals surface area contributed by atoms with Gasteiger partial charge in [0.1, 0.15) is 5.75 Å². The number of phenols is 1. The van der Waals surface area contributed by atoms with Crippen LogP contribution in [0.4, 0.5) is 0 Å². The normalized spacial score (nSPS) is 10.6. The van der Waals surface area contributed by atoms with Crippen molar-refractivity contribution >= 4 is 12.1 Å². The van der Waals surface area contributed by atoms with Crippen molar-refractivity contribution in [2.75, 3.05) is 0 Å². The maximum atomic E-state index is 11.7. The van der Waals surface area contributed by atoms with Gasteiger partial charge in [-0.25, -0.2) is 5.43 Å². The highest BCUT2D eigenvalue weighted by molar-refractivity contribution is 5.94. The summed E-state index contributed by atoms with van der Waals surface area (Å²) in [5, 5.41) is 13.3. The fourth-order valence-electron chi connectivity index (χ4n) is 1.42. The van der Waals surface area contributed by atoms with Crippen molar-refractivity contribution in [1.82, 2.24) is 10.4 Å². The molecule has 5 heteroatoms. The summed E-state index contributed by atoms with van der Waals surface area (Å²) < 4.78 is 0. The Hall–Kier alpha value is -2.69. The number of rotatable bonds is 3. The summed E-state index contributed by atoms with van der Waals surface area (Å²) >= 11 is 0. The third-order valence-electron chi connectivity index (χ3n) is 2.48. The lowest BCUT2D eigenvalue weighted by Gasteiger charge is -2.00. The first-order valence-corrected chi connectivity index (χ1v) is 5.71. The zero-order valence-electron chi connectivity index (χ0n) is 10.4. The molecule has 1 heterocycles. The van der Waals surface area contributed by atoms with Gasteiger partial charge in [0, 0.05) is 17.5 Å². The molecule has 0 spiro atoms. The summed E-state index contributed by atoms with van der Waals surface area (Å²) in [5.41, 5.74) is 4.18. The van der Waals surface area contributed by atoms with Crippen LogP contribution in [0.1, 0.15) is 21.6 Å². The number of nitrogens with zero attached hydrogens (tertiary/aromatic N) is 2. The quantitative estimate of drug-likeness (QED) is 0.649. The second-order valence-electron chi connectivity index (χ2n) is 3.95. The fourth-order valence-corrected chi connectivity index (χ4v) is 1.42. The monoisotopic (exact) mass is 255 g/mol. The standard InChI is InChI=1S/C14H13N3O2/c1-10-6-7-12(8-15-10)14(19)17-16-9-11-4-2-3-5-13(11)18/h2-9,18H,1H3,(H,17,19). The molecular weight excluding hydrogens is 242 g/mol. The van der Waals surface area contributed by atoms with Gasteiger partial charge in [0.15, 0.2) is 0 Å². The first kappa shape index (κ1) is 12.8. The zero-order chi connectivity index (χ0) is 13.7. The number of carbonyl (C=O) groups excluding carboxylic acids is 1. The van der Waals surface area contributed by atoms with Crippen LogP contribution in [0.5, 0.6) is 5.75 Å². The largest absolute Gasteiger partial charge is 0.507 e. The van der Waals surface area contributed by atoms with E-state index in [-0.39, 0.29) is 11.7 Å². The number of hydrazone groups is 1. The number of aromatic nitrogens is 1. The highest BCUT2D eigenvalue weighted by Gasteiger charge is 2.03. The van der Waals surface area contributed by atoms with Gasteiger partial charge < -0.3 is 5.11 Å². The molecule has 5 nitrogen and oxygen atoms in total. The number of carbonyl (C=O) groups is 1. The Bertz CT molecular complexity index is 606. The molecule has 0 atom stereocenters. The van der Waals surface area contributed by atoms with Crippen LogP contribution in [-0.2, 0) is 0 Å². The van der Waals surface area contributed by atoms with Crippen molar-refractivity contribution in [2.45, 2.75) is 6.92 Å². The second kappa shape index (κ2) is 5.77. The second-order valence-corrected chi connectivity index (χ2v) is 3.95. The number of amides is 1. The average Bonchev–Trinajstić information content (AvgIpc) is 2.41. The van der Waals surface area contributed by atoms with Crippen LogP contribution in [0.25, 0.3) is 0 Å².